The lowest BCUT2D eigenvalue weighted by Crippen LogP contribution is -2.45. The van der Waals surface area contributed by atoms with Crippen LogP contribution in [0.5, 0.6) is 0 Å². The van der Waals surface area contributed by atoms with Gasteiger partial charge < -0.3 is 10.6 Å². The number of hydrogen-bond donors (Lipinski definition) is 2. The van der Waals surface area contributed by atoms with Gasteiger partial charge in [-0.2, -0.15) is 10.4 Å². The molecule has 3 N–H and O–H groups in total. The number of aromatic nitrogens is 2. The van der Waals surface area contributed by atoms with E-state index < -0.39 is 5.82 Å². The van der Waals surface area contributed by atoms with Crippen LogP contribution < -0.4 is 5.73 Å². The van der Waals surface area contributed by atoms with Crippen molar-refractivity contribution in [1.29, 1.82) is 5.26 Å². The summed E-state index contributed by atoms with van der Waals surface area (Å²) in [6, 6.07) is 8.09. The number of rotatable bonds is 3. The number of H-pyrrole nitrogens is 1. The minimum atomic E-state index is -0.584. The van der Waals surface area contributed by atoms with Crippen molar-refractivity contribution in [3.8, 4) is 27.6 Å². The fraction of sp³-hybridized carbons (Fsp3) is 0.250. The van der Waals surface area contributed by atoms with E-state index in [1.165, 1.54) is 23.5 Å². The van der Waals surface area contributed by atoms with Crippen LogP contribution in [-0.2, 0) is 0 Å². The van der Waals surface area contributed by atoms with Gasteiger partial charge in [0.05, 0.1) is 16.6 Å². The van der Waals surface area contributed by atoms with Crippen molar-refractivity contribution >= 4 is 17.2 Å². The van der Waals surface area contributed by atoms with Crippen LogP contribution in [0.25, 0.3) is 21.6 Å². The zero-order chi connectivity index (χ0) is 19.7. The number of hydrogen-bond acceptors (Lipinski definition) is 5. The lowest BCUT2D eigenvalue weighted by Gasteiger charge is -2.30. The van der Waals surface area contributed by atoms with Crippen LogP contribution in [0.2, 0.25) is 0 Å². The molecule has 0 saturated carbocycles. The maximum Gasteiger partial charge on any atom is 0.264 e. The summed E-state index contributed by atoms with van der Waals surface area (Å²) in [4.78, 5) is 16.2. The zero-order valence-corrected chi connectivity index (χ0v) is 15.8. The van der Waals surface area contributed by atoms with Crippen LogP contribution in [0, 0.1) is 17.1 Å². The van der Waals surface area contributed by atoms with E-state index in [-0.39, 0.29) is 17.5 Å². The average molecular weight is 395 g/mol. The Balaban J connectivity index is 1.76. The zero-order valence-electron chi connectivity index (χ0n) is 15.0. The van der Waals surface area contributed by atoms with Gasteiger partial charge in [0, 0.05) is 41.3 Å². The summed E-state index contributed by atoms with van der Waals surface area (Å²) in [7, 11) is 0. The van der Waals surface area contributed by atoms with Gasteiger partial charge in [-0.15, -0.1) is 11.3 Å². The molecular formula is C20H18FN5OS. The largest absolute Gasteiger partial charge is 0.336 e. The number of nitrogens with two attached hydrogens (primary N) is 1. The molecule has 1 amide bonds. The second-order valence-electron chi connectivity index (χ2n) is 6.80. The molecule has 0 bridgehead atoms. The van der Waals surface area contributed by atoms with Crippen LogP contribution in [-0.4, -0.2) is 40.1 Å². The number of amides is 1. The molecule has 1 saturated heterocycles. The maximum absolute atomic E-state index is 14.2. The third-order valence-corrected chi connectivity index (χ3v) is 6.02. The Morgan fingerprint density at radius 1 is 1.39 bits per heavy atom. The Morgan fingerprint density at radius 2 is 2.25 bits per heavy atom. The molecule has 6 nitrogen and oxygen atoms in total. The highest BCUT2D eigenvalue weighted by Gasteiger charge is 2.25. The third kappa shape index (κ3) is 3.42. The minimum Gasteiger partial charge on any atom is -0.336 e. The number of carbonyl (C=O) groups excluding carboxylic acids is 1. The van der Waals surface area contributed by atoms with E-state index in [1.807, 2.05) is 6.07 Å². The molecule has 28 heavy (non-hydrogen) atoms. The first-order valence-electron chi connectivity index (χ1n) is 8.94. The Labute approximate surface area is 165 Å². The molecule has 1 aliphatic heterocycles. The molecule has 2 aromatic heterocycles. The molecular weight excluding hydrogens is 377 g/mol. The summed E-state index contributed by atoms with van der Waals surface area (Å²) in [5.74, 6) is -0.649. The van der Waals surface area contributed by atoms with Crippen molar-refractivity contribution in [2.45, 2.75) is 18.9 Å². The summed E-state index contributed by atoms with van der Waals surface area (Å²) in [6.45, 7) is 1.23. The third-order valence-electron chi connectivity index (χ3n) is 4.85. The average Bonchev–Trinajstić information content (AvgIpc) is 3.37. The highest BCUT2D eigenvalue weighted by Crippen LogP contribution is 2.40. The Bertz CT molecular complexity index is 1050. The predicted molar refractivity (Wildman–Crippen MR) is 105 cm³/mol. The quantitative estimate of drug-likeness (QED) is 0.710. The van der Waals surface area contributed by atoms with Crippen molar-refractivity contribution in [1.82, 2.24) is 15.1 Å². The van der Waals surface area contributed by atoms with E-state index in [4.69, 9.17) is 11.0 Å². The van der Waals surface area contributed by atoms with Gasteiger partial charge in [-0.05, 0) is 36.6 Å². The van der Waals surface area contributed by atoms with Gasteiger partial charge in [-0.3, -0.25) is 9.89 Å². The highest BCUT2D eigenvalue weighted by atomic mass is 32.1. The smallest absolute Gasteiger partial charge is 0.264 e. The van der Waals surface area contributed by atoms with Gasteiger partial charge in [0.25, 0.3) is 5.91 Å². The fourth-order valence-electron chi connectivity index (χ4n) is 3.42. The van der Waals surface area contributed by atoms with Gasteiger partial charge in [0.1, 0.15) is 11.9 Å². The molecule has 1 aliphatic rings. The number of nitrogens with zero attached hydrogens (tertiary/aromatic N) is 3. The topological polar surface area (TPSA) is 98.8 Å². The first-order valence-corrected chi connectivity index (χ1v) is 9.76. The molecule has 3 heterocycles. The van der Waals surface area contributed by atoms with Crippen molar-refractivity contribution < 1.29 is 9.18 Å². The van der Waals surface area contributed by atoms with Crippen LogP contribution in [0.1, 0.15) is 28.1 Å². The molecule has 8 heteroatoms. The Kier molecular flexibility index (Phi) is 4.94. The summed E-state index contributed by atoms with van der Waals surface area (Å²) in [5, 5.41) is 15.7. The molecule has 1 unspecified atom stereocenters. The van der Waals surface area contributed by atoms with E-state index >= 15 is 0 Å². The van der Waals surface area contributed by atoms with E-state index in [0.29, 0.717) is 23.5 Å². The molecule has 0 radical (unpaired) electrons. The van der Waals surface area contributed by atoms with Gasteiger partial charge in [-0.1, -0.05) is 6.07 Å². The second-order valence-corrected chi connectivity index (χ2v) is 7.85. The molecule has 0 spiro atoms. The van der Waals surface area contributed by atoms with E-state index in [1.54, 1.807) is 29.4 Å². The number of piperidine rings is 1. The second kappa shape index (κ2) is 7.54. The number of aromatic amines is 1. The van der Waals surface area contributed by atoms with Crippen LogP contribution in [0.3, 0.4) is 0 Å². The highest BCUT2D eigenvalue weighted by molar-refractivity contribution is 7.18. The first kappa shape index (κ1) is 18.3. The van der Waals surface area contributed by atoms with E-state index in [9.17, 15) is 9.18 Å². The number of likely N-dealkylation sites (tertiary alicyclic amines) is 1. The van der Waals surface area contributed by atoms with Crippen molar-refractivity contribution in [2.75, 3.05) is 13.1 Å². The van der Waals surface area contributed by atoms with Gasteiger partial charge in [0.2, 0.25) is 0 Å². The lowest BCUT2D eigenvalue weighted by molar-refractivity contribution is 0.0714. The Hall–Kier alpha value is -3.02. The number of carbonyl (C=O) groups is 1. The van der Waals surface area contributed by atoms with Gasteiger partial charge in [-0.25, -0.2) is 4.39 Å². The van der Waals surface area contributed by atoms with Crippen LogP contribution in [0.4, 0.5) is 4.39 Å². The lowest BCUT2D eigenvalue weighted by atomic mass is 10.0. The van der Waals surface area contributed by atoms with Crippen LogP contribution >= 0.6 is 11.3 Å². The van der Waals surface area contributed by atoms with Crippen molar-refractivity contribution in [2.24, 2.45) is 5.73 Å². The fourth-order valence-corrected chi connectivity index (χ4v) is 4.55. The van der Waals surface area contributed by atoms with Crippen molar-refractivity contribution in [3.05, 3.63) is 52.9 Å². The SMILES string of the molecule is N#Cc1ccc(-c2cc(C(=O)N3CCCC(N)C3)sc2-c2cn[nH]c2)cc1F. The van der Waals surface area contributed by atoms with E-state index in [0.717, 1.165) is 28.8 Å². The van der Waals surface area contributed by atoms with E-state index in [2.05, 4.69) is 10.2 Å². The number of thiophene rings is 1. The molecule has 1 fully saturated rings. The normalized spacial score (nSPS) is 16.8. The monoisotopic (exact) mass is 395 g/mol. The molecule has 0 aliphatic carbocycles. The predicted octanol–water partition coefficient (Wildman–Crippen LogP) is 3.38. The first-order chi connectivity index (χ1) is 13.6. The molecule has 1 atom stereocenters. The molecule has 3 aromatic rings. The summed E-state index contributed by atoms with van der Waals surface area (Å²) >= 11 is 1.35. The van der Waals surface area contributed by atoms with Crippen molar-refractivity contribution in [3.63, 3.8) is 0 Å². The number of nitrogens with one attached hydrogen (secondary N) is 1. The maximum atomic E-state index is 14.2. The standard InChI is InChI=1S/C20H18FN5OS/c21-17-6-12(3-4-13(17)8-22)16-7-18(28-19(16)14-9-24-25-10-14)20(27)26-5-1-2-15(23)11-26/h3-4,6-7,9-10,15H,1-2,5,11,23H2,(H,24,25). The summed E-state index contributed by atoms with van der Waals surface area (Å²) < 4.78 is 14.2. The molecule has 142 valence electrons. The summed E-state index contributed by atoms with van der Waals surface area (Å²) in [6.07, 6.45) is 5.21. The minimum absolute atomic E-state index is 0.00176. The molecule has 1 aromatic carbocycles. The van der Waals surface area contributed by atoms with Crippen LogP contribution in [0.15, 0.2) is 36.7 Å². The number of benzene rings is 1. The van der Waals surface area contributed by atoms with Gasteiger partial charge in [0.15, 0.2) is 0 Å². The summed E-state index contributed by atoms with van der Waals surface area (Å²) in [5.41, 5.74) is 8.17. The molecule has 4 rings (SSSR count). The Morgan fingerprint density at radius 3 is 2.93 bits per heavy atom. The van der Waals surface area contributed by atoms with Gasteiger partial charge >= 0.3 is 0 Å². The number of nitriles is 1. The number of halogens is 1.